The van der Waals surface area contributed by atoms with E-state index < -0.39 is 0 Å². The minimum absolute atomic E-state index is 0.0886. The summed E-state index contributed by atoms with van der Waals surface area (Å²) in [5, 5.41) is 9.87. The lowest BCUT2D eigenvalue weighted by atomic mass is 9.78. The summed E-state index contributed by atoms with van der Waals surface area (Å²) >= 11 is 0. The number of aliphatic hydroxyl groups is 1. The normalized spacial score (nSPS) is 13.5. The van der Waals surface area contributed by atoms with Crippen molar-refractivity contribution in [3.8, 4) is 11.5 Å². The van der Waals surface area contributed by atoms with Crippen LogP contribution in [0.25, 0.3) is 0 Å². The summed E-state index contributed by atoms with van der Waals surface area (Å²) < 4.78 is 10.6. The molecule has 0 saturated heterocycles. The Hall–Kier alpha value is -2.00. The van der Waals surface area contributed by atoms with E-state index in [1.54, 1.807) is 14.2 Å². The minimum Gasteiger partial charge on any atom is -0.493 e. The zero-order valence-electron chi connectivity index (χ0n) is 12.8. The summed E-state index contributed by atoms with van der Waals surface area (Å²) in [6.07, 6.45) is 0.730. The van der Waals surface area contributed by atoms with E-state index in [0.717, 1.165) is 17.5 Å². The van der Waals surface area contributed by atoms with Crippen molar-refractivity contribution in [2.75, 3.05) is 20.8 Å². The molecule has 0 radical (unpaired) electrons. The topological polar surface area (TPSA) is 38.7 Å². The fourth-order valence-corrected chi connectivity index (χ4v) is 2.53. The maximum absolute atomic E-state index is 9.87. The van der Waals surface area contributed by atoms with Crippen molar-refractivity contribution < 1.29 is 14.6 Å². The Bertz CT molecular complexity index is 580. The maximum atomic E-state index is 9.87. The molecule has 3 nitrogen and oxygen atoms in total. The van der Waals surface area contributed by atoms with E-state index in [1.807, 2.05) is 36.4 Å². The quantitative estimate of drug-likeness (QED) is 0.886. The molecular formula is C18H22O3. The molecule has 0 bridgehead atoms. The molecule has 1 N–H and O–H groups in total. The molecule has 0 spiro atoms. The smallest absolute Gasteiger partial charge is 0.160 e. The molecule has 2 rings (SSSR count). The van der Waals surface area contributed by atoms with Crippen molar-refractivity contribution in [1.82, 2.24) is 0 Å². The van der Waals surface area contributed by atoms with Crippen LogP contribution in [0.3, 0.4) is 0 Å². The predicted octanol–water partition coefficient (Wildman–Crippen LogP) is 3.20. The molecule has 3 heteroatoms. The van der Waals surface area contributed by atoms with E-state index >= 15 is 0 Å². The Morgan fingerprint density at radius 1 is 0.952 bits per heavy atom. The number of hydrogen-bond donors (Lipinski definition) is 1. The number of rotatable bonds is 6. The van der Waals surface area contributed by atoms with Crippen LogP contribution in [0.4, 0.5) is 0 Å². The lowest BCUT2D eigenvalue weighted by molar-refractivity contribution is 0.204. The molecule has 0 amide bonds. The second-order valence-electron chi connectivity index (χ2n) is 5.45. The van der Waals surface area contributed by atoms with Crippen LogP contribution in [-0.2, 0) is 11.8 Å². The molecular weight excluding hydrogens is 264 g/mol. The third-order valence-corrected chi connectivity index (χ3v) is 3.86. The van der Waals surface area contributed by atoms with Crippen LogP contribution in [0.5, 0.6) is 11.5 Å². The van der Waals surface area contributed by atoms with Crippen molar-refractivity contribution in [2.45, 2.75) is 18.8 Å². The van der Waals surface area contributed by atoms with E-state index in [-0.39, 0.29) is 12.0 Å². The highest BCUT2D eigenvalue weighted by Crippen LogP contribution is 2.32. The first kappa shape index (κ1) is 15.4. The van der Waals surface area contributed by atoms with Gasteiger partial charge in [0, 0.05) is 5.41 Å². The van der Waals surface area contributed by atoms with E-state index in [2.05, 4.69) is 19.1 Å². The van der Waals surface area contributed by atoms with Crippen molar-refractivity contribution >= 4 is 0 Å². The maximum Gasteiger partial charge on any atom is 0.160 e. The monoisotopic (exact) mass is 286 g/mol. The largest absolute Gasteiger partial charge is 0.493 e. The molecule has 0 fully saturated rings. The highest BCUT2D eigenvalue weighted by atomic mass is 16.5. The Labute approximate surface area is 126 Å². The van der Waals surface area contributed by atoms with E-state index in [1.165, 1.54) is 0 Å². The fraction of sp³-hybridized carbons (Fsp3) is 0.333. The summed E-state index contributed by atoms with van der Waals surface area (Å²) in [5.41, 5.74) is 1.91. The molecule has 2 aromatic rings. The SMILES string of the molecule is COc1ccc(CC(C)(CO)c2ccccc2)cc1OC. The van der Waals surface area contributed by atoms with Gasteiger partial charge < -0.3 is 14.6 Å². The molecule has 0 aliphatic carbocycles. The van der Waals surface area contributed by atoms with Crippen LogP contribution >= 0.6 is 0 Å². The molecule has 21 heavy (non-hydrogen) atoms. The van der Waals surface area contributed by atoms with Gasteiger partial charge >= 0.3 is 0 Å². The van der Waals surface area contributed by atoms with Crippen LogP contribution < -0.4 is 9.47 Å². The molecule has 0 heterocycles. The van der Waals surface area contributed by atoms with Crippen molar-refractivity contribution in [1.29, 1.82) is 0 Å². The molecule has 0 aliphatic heterocycles. The number of benzene rings is 2. The third kappa shape index (κ3) is 3.37. The minimum atomic E-state index is -0.319. The Balaban J connectivity index is 2.30. The van der Waals surface area contributed by atoms with E-state index in [4.69, 9.17) is 9.47 Å². The molecule has 0 aromatic heterocycles. The van der Waals surface area contributed by atoms with Gasteiger partial charge in [0.05, 0.1) is 20.8 Å². The van der Waals surface area contributed by atoms with Gasteiger partial charge in [-0.25, -0.2) is 0 Å². The Kier molecular flexibility index (Phi) is 4.86. The number of ether oxygens (including phenoxy) is 2. The number of aliphatic hydroxyl groups excluding tert-OH is 1. The average Bonchev–Trinajstić information content (AvgIpc) is 2.55. The number of hydrogen-bond acceptors (Lipinski definition) is 3. The van der Waals surface area contributed by atoms with Crippen LogP contribution in [-0.4, -0.2) is 25.9 Å². The van der Waals surface area contributed by atoms with E-state index in [0.29, 0.717) is 11.5 Å². The lowest BCUT2D eigenvalue weighted by Crippen LogP contribution is -2.29. The molecule has 0 saturated carbocycles. The summed E-state index contributed by atoms with van der Waals surface area (Å²) in [7, 11) is 3.25. The fourth-order valence-electron chi connectivity index (χ4n) is 2.53. The third-order valence-electron chi connectivity index (χ3n) is 3.86. The molecule has 1 unspecified atom stereocenters. The summed E-state index contributed by atoms with van der Waals surface area (Å²) in [6.45, 7) is 2.16. The van der Waals surface area contributed by atoms with Gasteiger partial charge in [0.15, 0.2) is 11.5 Å². The van der Waals surface area contributed by atoms with Crippen LogP contribution in [0.1, 0.15) is 18.1 Å². The first-order valence-corrected chi connectivity index (χ1v) is 7.00. The highest BCUT2D eigenvalue weighted by Gasteiger charge is 2.26. The van der Waals surface area contributed by atoms with Gasteiger partial charge in [0.2, 0.25) is 0 Å². The standard InChI is InChI=1S/C18H22O3/c1-18(13-19,15-7-5-4-6-8-15)12-14-9-10-16(20-2)17(11-14)21-3/h4-11,19H,12-13H2,1-3H3. The molecule has 0 aliphatic rings. The van der Waals surface area contributed by atoms with Gasteiger partial charge in [-0.05, 0) is 29.7 Å². The second kappa shape index (κ2) is 6.64. The van der Waals surface area contributed by atoms with Crippen LogP contribution in [0, 0.1) is 0 Å². The van der Waals surface area contributed by atoms with Crippen LogP contribution in [0.2, 0.25) is 0 Å². The summed E-state index contributed by atoms with van der Waals surface area (Å²) in [6, 6.07) is 16.0. The molecule has 112 valence electrons. The van der Waals surface area contributed by atoms with Gasteiger partial charge in [0.1, 0.15) is 0 Å². The van der Waals surface area contributed by atoms with Crippen molar-refractivity contribution in [3.63, 3.8) is 0 Å². The van der Waals surface area contributed by atoms with E-state index in [9.17, 15) is 5.11 Å². The first-order chi connectivity index (χ1) is 10.1. The molecule has 2 aromatic carbocycles. The van der Waals surface area contributed by atoms with Crippen molar-refractivity contribution in [2.24, 2.45) is 0 Å². The zero-order chi connectivity index (χ0) is 15.3. The summed E-state index contributed by atoms with van der Waals surface area (Å²) in [4.78, 5) is 0. The average molecular weight is 286 g/mol. The van der Waals surface area contributed by atoms with Crippen molar-refractivity contribution in [3.05, 3.63) is 59.7 Å². The number of methoxy groups -OCH3 is 2. The Morgan fingerprint density at radius 2 is 1.62 bits per heavy atom. The highest BCUT2D eigenvalue weighted by molar-refractivity contribution is 5.44. The molecule has 1 atom stereocenters. The zero-order valence-corrected chi connectivity index (χ0v) is 12.8. The van der Waals surface area contributed by atoms with Gasteiger partial charge in [-0.3, -0.25) is 0 Å². The van der Waals surface area contributed by atoms with Gasteiger partial charge in [-0.2, -0.15) is 0 Å². The predicted molar refractivity (Wildman–Crippen MR) is 84.1 cm³/mol. The second-order valence-corrected chi connectivity index (χ2v) is 5.45. The lowest BCUT2D eigenvalue weighted by Gasteiger charge is -2.28. The van der Waals surface area contributed by atoms with Gasteiger partial charge in [-0.1, -0.05) is 43.3 Å². The Morgan fingerprint density at radius 3 is 2.19 bits per heavy atom. The van der Waals surface area contributed by atoms with Gasteiger partial charge in [0.25, 0.3) is 0 Å². The first-order valence-electron chi connectivity index (χ1n) is 7.00. The summed E-state index contributed by atoms with van der Waals surface area (Å²) in [5.74, 6) is 1.43. The van der Waals surface area contributed by atoms with Gasteiger partial charge in [-0.15, -0.1) is 0 Å². The van der Waals surface area contributed by atoms with Crippen LogP contribution in [0.15, 0.2) is 48.5 Å².